The van der Waals surface area contributed by atoms with Gasteiger partial charge in [0.15, 0.2) is 0 Å². The summed E-state index contributed by atoms with van der Waals surface area (Å²) in [4.78, 5) is 32.0. The van der Waals surface area contributed by atoms with Crippen LogP contribution in [0.3, 0.4) is 0 Å². The number of nitrogens with zero attached hydrogens (tertiary/aromatic N) is 3. The molecule has 8 heteroatoms. The van der Waals surface area contributed by atoms with Gasteiger partial charge in [0, 0.05) is 31.6 Å². The van der Waals surface area contributed by atoms with Gasteiger partial charge in [-0.05, 0) is 24.3 Å². The summed E-state index contributed by atoms with van der Waals surface area (Å²) in [5.41, 5.74) is 0.862. The molecule has 150 valence electrons. The van der Waals surface area contributed by atoms with Crippen LogP contribution in [0, 0.1) is 5.92 Å². The summed E-state index contributed by atoms with van der Waals surface area (Å²) in [5, 5.41) is 9.05. The van der Waals surface area contributed by atoms with E-state index in [0.717, 1.165) is 5.56 Å². The second-order valence-corrected chi connectivity index (χ2v) is 8.33. The fraction of sp³-hybridized carbons (Fsp3) is 0.333. The smallest absolute Gasteiger partial charge is 0.261 e. The third kappa shape index (κ3) is 4.07. The minimum atomic E-state index is -0.248. The number of hydrogen-bond acceptors (Lipinski definition) is 6. The first kappa shape index (κ1) is 19.3. The Morgan fingerprint density at radius 1 is 1.14 bits per heavy atom. The molecule has 0 spiro atoms. The molecule has 1 aromatic carbocycles. The SMILES string of the molecule is CN(C)C(=O)[C@H]1C[C@H](NC(=O)c2cccs2)[C@H](c2nc(-c3ccccc3)no2)C1. The number of aromatic nitrogens is 2. The zero-order chi connectivity index (χ0) is 20.4. The van der Waals surface area contributed by atoms with Crippen molar-refractivity contribution < 1.29 is 14.1 Å². The molecular weight excluding hydrogens is 388 g/mol. The quantitative estimate of drug-likeness (QED) is 0.698. The van der Waals surface area contributed by atoms with Gasteiger partial charge in [-0.1, -0.05) is 41.6 Å². The Hall–Kier alpha value is -3.00. The minimum Gasteiger partial charge on any atom is -0.349 e. The maximum atomic E-state index is 12.6. The summed E-state index contributed by atoms with van der Waals surface area (Å²) < 4.78 is 5.56. The molecular formula is C21H22N4O3S. The van der Waals surface area contributed by atoms with E-state index < -0.39 is 0 Å². The maximum absolute atomic E-state index is 12.6. The normalized spacial score (nSPS) is 21.1. The second kappa shape index (κ2) is 8.16. The predicted octanol–water partition coefficient (Wildman–Crippen LogP) is 3.18. The zero-order valence-electron chi connectivity index (χ0n) is 16.2. The van der Waals surface area contributed by atoms with Gasteiger partial charge in [-0.15, -0.1) is 11.3 Å². The molecule has 0 aliphatic heterocycles. The molecule has 2 heterocycles. The van der Waals surface area contributed by atoms with E-state index in [1.165, 1.54) is 11.3 Å². The van der Waals surface area contributed by atoms with Crippen LogP contribution in [-0.4, -0.2) is 47.0 Å². The van der Waals surface area contributed by atoms with E-state index in [1.807, 2.05) is 41.8 Å². The molecule has 1 aliphatic carbocycles. The van der Waals surface area contributed by atoms with Gasteiger partial charge in [-0.25, -0.2) is 0 Å². The van der Waals surface area contributed by atoms with Gasteiger partial charge in [-0.2, -0.15) is 4.98 Å². The molecule has 4 rings (SSSR count). The lowest BCUT2D eigenvalue weighted by atomic mass is 10.0. The highest BCUT2D eigenvalue weighted by molar-refractivity contribution is 7.12. The van der Waals surface area contributed by atoms with E-state index in [0.29, 0.717) is 29.4 Å². The van der Waals surface area contributed by atoms with Crippen LogP contribution >= 0.6 is 11.3 Å². The van der Waals surface area contributed by atoms with E-state index in [4.69, 9.17) is 4.52 Å². The predicted molar refractivity (Wildman–Crippen MR) is 109 cm³/mol. The van der Waals surface area contributed by atoms with Gasteiger partial charge in [0.2, 0.25) is 17.6 Å². The first-order valence-corrected chi connectivity index (χ1v) is 10.4. The van der Waals surface area contributed by atoms with Gasteiger partial charge in [0.25, 0.3) is 5.91 Å². The number of hydrogen-bond donors (Lipinski definition) is 1. The Morgan fingerprint density at radius 3 is 2.62 bits per heavy atom. The fourth-order valence-corrected chi connectivity index (χ4v) is 4.40. The van der Waals surface area contributed by atoms with Crippen molar-refractivity contribution in [3.8, 4) is 11.4 Å². The molecule has 1 saturated carbocycles. The van der Waals surface area contributed by atoms with E-state index in [2.05, 4.69) is 15.5 Å². The van der Waals surface area contributed by atoms with Gasteiger partial charge >= 0.3 is 0 Å². The van der Waals surface area contributed by atoms with E-state index in [9.17, 15) is 9.59 Å². The summed E-state index contributed by atoms with van der Waals surface area (Å²) in [6, 6.07) is 13.0. The highest BCUT2D eigenvalue weighted by atomic mass is 32.1. The largest absolute Gasteiger partial charge is 0.349 e. The Kier molecular flexibility index (Phi) is 5.44. The Balaban J connectivity index is 1.58. The lowest BCUT2D eigenvalue weighted by molar-refractivity contribution is -0.132. The van der Waals surface area contributed by atoms with Crippen molar-refractivity contribution in [3.05, 3.63) is 58.6 Å². The van der Waals surface area contributed by atoms with E-state index in [-0.39, 0.29) is 29.7 Å². The number of amides is 2. The molecule has 1 aliphatic rings. The van der Waals surface area contributed by atoms with Crippen molar-refractivity contribution in [1.29, 1.82) is 0 Å². The van der Waals surface area contributed by atoms with Crippen molar-refractivity contribution in [3.63, 3.8) is 0 Å². The third-order valence-electron chi connectivity index (χ3n) is 5.20. The molecule has 1 fully saturated rings. The van der Waals surface area contributed by atoms with Gasteiger partial charge in [-0.3, -0.25) is 9.59 Å². The first-order chi connectivity index (χ1) is 14.0. The Labute approximate surface area is 172 Å². The first-order valence-electron chi connectivity index (χ1n) is 9.47. The van der Waals surface area contributed by atoms with Crippen LogP contribution in [0.1, 0.15) is 34.3 Å². The van der Waals surface area contributed by atoms with Gasteiger partial charge in [0.05, 0.1) is 10.8 Å². The average Bonchev–Trinajstić information content (AvgIpc) is 3.48. The van der Waals surface area contributed by atoms with Crippen molar-refractivity contribution >= 4 is 23.2 Å². The summed E-state index contributed by atoms with van der Waals surface area (Å²) in [6.07, 6.45) is 1.10. The van der Waals surface area contributed by atoms with Crippen molar-refractivity contribution in [2.24, 2.45) is 5.92 Å². The number of carbonyl (C=O) groups is 2. The number of thiophene rings is 1. The van der Waals surface area contributed by atoms with Crippen molar-refractivity contribution in [2.45, 2.75) is 24.8 Å². The molecule has 0 bridgehead atoms. The van der Waals surface area contributed by atoms with Gasteiger partial charge < -0.3 is 14.7 Å². The van der Waals surface area contributed by atoms with Crippen LogP contribution in [0.15, 0.2) is 52.4 Å². The number of rotatable bonds is 5. The standard InChI is InChI=1S/C21H22N4O3S/c1-25(2)21(27)14-11-15(16(12-14)22-19(26)17-9-6-10-29-17)20-23-18(24-28-20)13-7-4-3-5-8-13/h3-10,14-16H,11-12H2,1-2H3,(H,22,26)/t14-,15-,16+/m1/s1. The average molecular weight is 410 g/mol. The fourth-order valence-electron chi connectivity index (χ4n) is 3.77. The molecule has 2 aromatic heterocycles. The topological polar surface area (TPSA) is 88.3 Å². The summed E-state index contributed by atoms with van der Waals surface area (Å²) in [7, 11) is 3.49. The van der Waals surface area contributed by atoms with Crippen LogP contribution in [0.4, 0.5) is 0 Å². The lowest BCUT2D eigenvalue weighted by Gasteiger charge is -2.17. The molecule has 0 saturated heterocycles. The lowest BCUT2D eigenvalue weighted by Crippen LogP contribution is -2.37. The molecule has 0 unspecified atom stereocenters. The molecule has 0 radical (unpaired) electrons. The van der Waals surface area contributed by atoms with Gasteiger partial charge in [0.1, 0.15) is 0 Å². The van der Waals surface area contributed by atoms with Crippen LogP contribution in [0.2, 0.25) is 0 Å². The van der Waals surface area contributed by atoms with Crippen molar-refractivity contribution in [2.75, 3.05) is 14.1 Å². The number of carbonyl (C=O) groups excluding carboxylic acids is 2. The van der Waals surface area contributed by atoms with E-state index in [1.54, 1.807) is 25.1 Å². The highest BCUT2D eigenvalue weighted by Crippen LogP contribution is 2.39. The van der Waals surface area contributed by atoms with E-state index >= 15 is 0 Å². The Bertz CT molecular complexity index is 985. The second-order valence-electron chi connectivity index (χ2n) is 7.39. The Morgan fingerprint density at radius 2 is 1.93 bits per heavy atom. The molecule has 1 N–H and O–H groups in total. The van der Waals surface area contributed by atoms with Crippen LogP contribution in [0.5, 0.6) is 0 Å². The minimum absolute atomic E-state index is 0.0469. The third-order valence-corrected chi connectivity index (χ3v) is 6.07. The monoisotopic (exact) mass is 410 g/mol. The molecule has 29 heavy (non-hydrogen) atoms. The molecule has 3 aromatic rings. The van der Waals surface area contributed by atoms with Crippen LogP contribution in [0.25, 0.3) is 11.4 Å². The molecule has 3 atom stereocenters. The summed E-state index contributed by atoms with van der Waals surface area (Å²) >= 11 is 1.39. The number of benzene rings is 1. The number of nitrogens with one attached hydrogen (secondary N) is 1. The highest BCUT2D eigenvalue weighted by Gasteiger charge is 2.43. The summed E-state index contributed by atoms with van der Waals surface area (Å²) in [6.45, 7) is 0. The van der Waals surface area contributed by atoms with Crippen LogP contribution < -0.4 is 5.32 Å². The van der Waals surface area contributed by atoms with Crippen LogP contribution in [-0.2, 0) is 4.79 Å². The molecule has 2 amide bonds. The summed E-state index contributed by atoms with van der Waals surface area (Å²) in [5.74, 6) is 0.454. The molecule has 7 nitrogen and oxygen atoms in total. The maximum Gasteiger partial charge on any atom is 0.261 e. The van der Waals surface area contributed by atoms with Crippen molar-refractivity contribution in [1.82, 2.24) is 20.4 Å². The zero-order valence-corrected chi connectivity index (χ0v) is 17.1.